The average molecular weight is 484 g/mol. The molecule has 0 radical (unpaired) electrons. The van der Waals surface area contributed by atoms with Crippen LogP contribution >= 0.6 is 11.6 Å². The van der Waals surface area contributed by atoms with Gasteiger partial charge in [0, 0.05) is 24.0 Å². The van der Waals surface area contributed by atoms with Crippen LogP contribution in [0, 0.1) is 5.92 Å². The summed E-state index contributed by atoms with van der Waals surface area (Å²) in [7, 11) is 0. The number of aliphatic hydroxyl groups is 1. The molecule has 1 aliphatic rings. The molecule has 0 saturated carbocycles. The van der Waals surface area contributed by atoms with Crippen LogP contribution in [-0.4, -0.2) is 66.6 Å². The van der Waals surface area contributed by atoms with Crippen LogP contribution in [0.5, 0.6) is 5.75 Å². The highest BCUT2D eigenvalue weighted by molar-refractivity contribution is 6.36. The van der Waals surface area contributed by atoms with Crippen molar-refractivity contribution in [2.75, 3.05) is 39.3 Å². The predicted molar refractivity (Wildman–Crippen MR) is 125 cm³/mol. The number of alkyl halides is 3. The van der Waals surface area contributed by atoms with Crippen LogP contribution in [0.3, 0.4) is 0 Å². The van der Waals surface area contributed by atoms with E-state index in [0.29, 0.717) is 36.3 Å². The summed E-state index contributed by atoms with van der Waals surface area (Å²) in [6, 6.07) is 11.5. The lowest BCUT2D eigenvalue weighted by Crippen LogP contribution is -2.40. The normalized spacial score (nSPS) is 17.1. The molecule has 3 N–H and O–H groups in total. The molecule has 0 amide bonds. The first-order valence-electron chi connectivity index (χ1n) is 11.3. The Hall–Kier alpha value is -2.00. The lowest BCUT2D eigenvalue weighted by atomic mass is 9.96. The van der Waals surface area contributed by atoms with Gasteiger partial charge in [-0.3, -0.25) is 0 Å². The number of nitrogens with one attached hydrogen (secondary N) is 2. The van der Waals surface area contributed by atoms with Crippen LogP contribution < -0.4 is 10.1 Å². The number of para-hydroxylation sites is 1. The van der Waals surface area contributed by atoms with Crippen LogP contribution in [0.4, 0.5) is 13.2 Å². The zero-order valence-electron chi connectivity index (χ0n) is 18.3. The minimum atomic E-state index is -4.09. The second-order valence-electron chi connectivity index (χ2n) is 8.74. The molecule has 2 heterocycles. The van der Waals surface area contributed by atoms with Crippen molar-refractivity contribution in [3.8, 4) is 5.75 Å². The Morgan fingerprint density at radius 2 is 1.94 bits per heavy atom. The highest BCUT2D eigenvalue weighted by Crippen LogP contribution is 2.37. The molecule has 1 aromatic heterocycles. The number of ether oxygens (including phenoxy) is 1. The van der Waals surface area contributed by atoms with Crippen molar-refractivity contribution < 1.29 is 23.0 Å². The number of benzene rings is 2. The Balaban J connectivity index is 1.22. The van der Waals surface area contributed by atoms with Gasteiger partial charge in [0.05, 0.1) is 22.3 Å². The molecule has 2 aromatic carbocycles. The van der Waals surface area contributed by atoms with E-state index in [-0.39, 0.29) is 13.2 Å². The second kappa shape index (κ2) is 10.5. The number of piperidine rings is 1. The zero-order chi connectivity index (χ0) is 23.4. The number of hydrogen-bond donors (Lipinski definition) is 3. The summed E-state index contributed by atoms with van der Waals surface area (Å²) in [5.41, 5.74) is 1.78. The number of halogens is 4. The molecule has 0 aliphatic carbocycles. The fraction of sp³-hybridized carbons (Fsp3) is 0.500. The average Bonchev–Trinajstić information content (AvgIpc) is 3.18. The minimum absolute atomic E-state index is 0.0775. The Kier molecular flexibility index (Phi) is 7.69. The monoisotopic (exact) mass is 483 g/mol. The van der Waals surface area contributed by atoms with E-state index in [2.05, 4.69) is 10.3 Å². The Morgan fingerprint density at radius 1 is 1.18 bits per heavy atom. The minimum Gasteiger partial charge on any atom is -0.490 e. The molecule has 9 heteroatoms. The maximum Gasteiger partial charge on any atom is 0.390 e. The van der Waals surface area contributed by atoms with Gasteiger partial charge in [-0.25, -0.2) is 0 Å². The van der Waals surface area contributed by atoms with Gasteiger partial charge >= 0.3 is 6.18 Å². The van der Waals surface area contributed by atoms with Crippen LogP contribution in [0.1, 0.15) is 19.3 Å². The molecule has 4 rings (SSSR count). The van der Waals surface area contributed by atoms with Crippen LogP contribution in [0.15, 0.2) is 36.4 Å². The van der Waals surface area contributed by atoms with Gasteiger partial charge in [-0.2, -0.15) is 13.2 Å². The van der Waals surface area contributed by atoms with E-state index in [4.69, 9.17) is 16.3 Å². The van der Waals surface area contributed by atoms with Gasteiger partial charge in [-0.15, -0.1) is 0 Å². The second-order valence-corrected chi connectivity index (χ2v) is 9.15. The van der Waals surface area contributed by atoms with Gasteiger partial charge in [0.2, 0.25) is 0 Å². The first-order valence-corrected chi connectivity index (χ1v) is 11.7. The summed E-state index contributed by atoms with van der Waals surface area (Å²) in [5.74, 6) is 1.07. The number of likely N-dealkylation sites (tertiary alicyclic amines) is 1. The first-order chi connectivity index (χ1) is 15.8. The molecule has 1 aliphatic heterocycles. The van der Waals surface area contributed by atoms with Crippen LogP contribution in [0.2, 0.25) is 5.02 Å². The van der Waals surface area contributed by atoms with E-state index in [1.807, 2.05) is 35.2 Å². The molecule has 5 nitrogen and oxygen atoms in total. The number of aromatic nitrogens is 1. The van der Waals surface area contributed by atoms with E-state index in [9.17, 15) is 18.3 Å². The molecule has 0 spiro atoms. The van der Waals surface area contributed by atoms with Crippen molar-refractivity contribution in [2.24, 2.45) is 5.92 Å². The predicted octanol–water partition coefficient (Wildman–Crippen LogP) is 4.97. The summed E-state index contributed by atoms with van der Waals surface area (Å²) in [5, 5.41) is 16.2. The molecule has 1 atom stereocenters. The van der Waals surface area contributed by atoms with Crippen molar-refractivity contribution in [2.45, 2.75) is 31.5 Å². The number of fused-ring (bicyclic) bond motifs is 3. The summed E-state index contributed by atoms with van der Waals surface area (Å²) >= 11 is 6.35. The molecule has 180 valence electrons. The Bertz CT molecular complexity index is 1060. The third kappa shape index (κ3) is 6.32. The molecule has 3 aromatic rings. The van der Waals surface area contributed by atoms with E-state index in [1.165, 1.54) is 0 Å². The highest BCUT2D eigenvalue weighted by atomic mass is 35.5. The lowest BCUT2D eigenvalue weighted by molar-refractivity contribution is -0.138. The van der Waals surface area contributed by atoms with Gasteiger partial charge in [0.25, 0.3) is 0 Å². The van der Waals surface area contributed by atoms with Gasteiger partial charge in [0.1, 0.15) is 18.5 Å². The van der Waals surface area contributed by atoms with Crippen LogP contribution in [-0.2, 0) is 0 Å². The molecular formula is C24H29ClF3N3O2. The lowest BCUT2D eigenvalue weighted by Gasteiger charge is -2.32. The SMILES string of the molecule is O[C@@H](CNCC1CCN(CCC(F)(F)F)CC1)COc1ccc(Cl)c2[nH]c3ccccc3c12. The third-order valence-corrected chi connectivity index (χ3v) is 6.55. The van der Waals surface area contributed by atoms with Gasteiger partial charge in [0.15, 0.2) is 0 Å². The number of aliphatic hydroxyl groups excluding tert-OH is 1. The van der Waals surface area contributed by atoms with Crippen molar-refractivity contribution in [1.82, 2.24) is 15.2 Å². The fourth-order valence-electron chi connectivity index (χ4n) is 4.41. The van der Waals surface area contributed by atoms with Crippen molar-refractivity contribution in [1.29, 1.82) is 0 Å². The first kappa shape index (κ1) is 24.1. The quantitative estimate of drug-likeness (QED) is 0.402. The summed E-state index contributed by atoms with van der Waals surface area (Å²) in [6.45, 7) is 2.71. The smallest absolute Gasteiger partial charge is 0.390 e. The number of nitrogens with zero attached hydrogens (tertiary/aromatic N) is 1. The van der Waals surface area contributed by atoms with Crippen molar-refractivity contribution in [3.63, 3.8) is 0 Å². The third-order valence-electron chi connectivity index (χ3n) is 6.24. The number of H-pyrrole nitrogens is 1. The molecule has 1 saturated heterocycles. The van der Waals surface area contributed by atoms with E-state index < -0.39 is 18.7 Å². The Morgan fingerprint density at radius 3 is 2.70 bits per heavy atom. The number of aromatic amines is 1. The van der Waals surface area contributed by atoms with Gasteiger partial charge in [-0.1, -0.05) is 29.8 Å². The van der Waals surface area contributed by atoms with E-state index >= 15 is 0 Å². The molecular weight excluding hydrogens is 455 g/mol. The molecule has 0 unspecified atom stereocenters. The number of hydrogen-bond acceptors (Lipinski definition) is 4. The summed E-state index contributed by atoms with van der Waals surface area (Å²) in [6.07, 6.45) is -3.81. The molecule has 0 bridgehead atoms. The zero-order valence-corrected chi connectivity index (χ0v) is 19.1. The van der Waals surface area contributed by atoms with Crippen LogP contribution in [0.25, 0.3) is 21.8 Å². The van der Waals surface area contributed by atoms with E-state index in [0.717, 1.165) is 41.2 Å². The van der Waals surface area contributed by atoms with E-state index in [1.54, 1.807) is 6.07 Å². The summed E-state index contributed by atoms with van der Waals surface area (Å²) in [4.78, 5) is 5.20. The fourth-order valence-corrected chi connectivity index (χ4v) is 4.62. The van der Waals surface area contributed by atoms with Crippen molar-refractivity contribution >= 4 is 33.4 Å². The van der Waals surface area contributed by atoms with Gasteiger partial charge < -0.3 is 25.0 Å². The van der Waals surface area contributed by atoms with Crippen molar-refractivity contribution in [3.05, 3.63) is 41.4 Å². The topological polar surface area (TPSA) is 60.5 Å². The molecule has 1 fully saturated rings. The summed E-state index contributed by atoms with van der Waals surface area (Å²) < 4.78 is 43.1. The maximum absolute atomic E-state index is 12.4. The largest absolute Gasteiger partial charge is 0.490 e. The van der Waals surface area contributed by atoms with Gasteiger partial charge in [-0.05, 0) is 56.6 Å². The maximum atomic E-state index is 12.4. The molecule has 33 heavy (non-hydrogen) atoms. The Labute approximate surface area is 195 Å². The highest BCUT2D eigenvalue weighted by Gasteiger charge is 2.29. The standard InChI is InChI=1S/C24H29ClF3N3O2/c25-19-5-6-21(22-18-3-1-2-4-20(18)30-23(19)22)33-15-17(32)14-29-13-16-7-10-31(11-8-16)12-9-24(26,27)28/h1-6,16-17,29-30,32H,7-15H2/t17-/m0/s1. The number of rotatable bonds is 9.